The molecule has 0 unspecified atom stereocenters. The minimum absolute atomic E-state index is 0.236. The molecule has 1 N–H and O–H groups in total. The predicted octanol–water partition coefficient (Wildman–Crippen LogP) is 3.68. The van der Waals surface area contributed by atoms with Crippen molar-refractivity contribution < 1.29 is 22.0 Å². The summed E-state index contributed by atoms with van der Waals surface area (Å²) >= 11 is 9.43. The van der Waals surface area contributed by atoms with Crippen LogP contribution in [-0.4, -0.2) is 31.1 Å². The summed E-state index contributed by atoms with van der Waals surface area (Å²) in [5.74, 6) is -0.240. The second-order valence-electron chi connectivity index (χ2n) is 5.39. The second kappa shape index (κ2) is 7.36. The third-order valence-corrected chi connectivity index (χ3v) is 4.91. The molecule has 2 aromatic carbocycles. The summed E-state index contributed by atoms with van der Waals surface area (Å²) in [5, 5.41) is 3.91. The molecule has 26 heavy (non-hydrogen) atoms. The van der Waals surface area contributed by atoms with E-state index in [4.69, 9.17) is 16.2 Å². The van der Waals surface area contributed by atoms with Crippen molar-refractivity contribution in [3.63, 3.8) is 0 Å². The van der Waals surface area contributed by atoms with Gasteiger partial charge in [0.25, 0.3) is 5.91 Å². The molecule has 0 saturated carbocycles. The van der Waals surface area contributed by atoms with E-state index in [0.717, 1.165) is 0 Å². The van der Waals surface area contributed by atoms with Crippen LogP contribution in [0.25, 0.3) is 0 Å². The highest BCUT2D eigenvalue weighted by Gasteiger charge is 2.29. The molecule has 1 amide bonds. The third-order valence-electron chi connectivity index (χ3n) is 3.72. The predicted molar refractivity (Wildman–Crippen MR) is 101 cm³/mol. The molecule has 0 aromatic heterocycles. The number of halogens is 2. The first-order valence-corrected chi connectivity index (χ1v) is 9.89. The Morgan fingerprint density at radius 3 is 2.69 bits per heavy atom. The highest BCUT2D eigenvalue weighted by molar-refractivity contribution is 9.10. The van der Waals surface area contributed by atoms with Crippen molar-refractivity contribution in [3.8, 4) is 0 Å². The van der Waals surface area contributed by atoms with Crippen LogP contribution in [0.3, 0.4) is 0 Å². The Morgan fingerprint density at radius 2 is 2.00 bits per heavy atom. The van der Waals surface area contributed by atoms with Gasteiger partial charge < -0.3 is 4.90 Å². The molecule has 0 spiro atoms. The SMILES string of the molecule is O=C(c1ccccc1Br)N1CCC(=NOS(=O)(=O)O)c2ccc(Cl)cc21. The van der Waals surface area contributed by atoms with Gasteiger partial charge in [0.05, 0.1) is 17.0 Å². The van der Waals surface area contributed by atoms with Crippen LogP contribution in [0.15, 0.2) is 52.1 Å². The first kappa shape index (κ1) is 18.8. The fourth-order valence-corrected chi connectivity index (χ4v) is 3.43. The van der Waals surface area contributed by atoms with Gasteiger partial charge in [0.15, 0.2) is 0 Å². The molecule has 136 valence electrons. The first-order chi connectivity index (χ1) is 12.3. The zero-order valence-corrected chi connectivity index (χ0v) is 16.3. The maximum absolute atomic E-state index is 13.0. The zero-order chi connectivity index (χ0) is 18.9. The third kappa shape index (κ3) is 4.07. The maximum atomic E-state index is 13.0. The van der Waals surface area contributed by atoms with E-state index in [1.807, 2.05) is 0 Å². The summed E-state index contributed by atoms with van der Waals surface area (Å²) in [5.41, 5.74) is 1.73. The van der Waals surface area contributed by atoms with Crippen molar-refractivity contribution in [1.29, 1.82) is 0 Å². The Hall–Kier alpha value is -1.94. The van der Waals surface area contributed by atoms with Gasteiger partial charge in [0, 0.05) is 28.0 Å². The van der Waals surface area contributed by atoms with Crippen molar-refractivity contribution in [3.05, 3.63) is 63.1 Å². The van der Waals surface area contributed by atoms with E-state index in [9.17, 15) is 13.2 Å². The number of anilines is 1. The van der Waals surface area contributed by atoms with Crippen molar-refractivity contribution in [1.82, 2.24) is 0 Å². The molecule has 0 radical (unpaired) electrons. The number of hydrogen-bond acceptors (Lipinski definition) is 5. The molecule has 0 atom stereocenters. The van der Waals surface area contributed by atoms with Crippen molar-refractivity contribution in [2.24, 2.45) is 5.16 Å². The highest BCUT2D eigenvalue weighted by Crippen LogP contribution is 2.32. The minimum atomic E-state index is -4.71. The molecule has 2 aromatic rings. The van der Waals surface area contributed by atoms with Crippen LogP contribution < -0.4 is 4.90 Å². The summed E-state index contributed by atoms with van der Waals surface area (Å²) in [6.45, 7) is 0.237. The fourth-order valence-electron chi connectivity index (χ4n) is 2.62. The number of nitrogens with zero attached hydrogens (tertiary/aromatic N) is 2. The monoisotopic (exact) mass is 458 g/mol. The molecule has 3 rings (SSSR count). The van der Waals surface area contributed by atoms with Crippen LogP contribution in [-0.2, 0) is 14.7 Å². The van der Waals surface area contributed by atoms with Crippen LogP contribution in [0.2, 0.25) is 5.02 Å². The normalized spacial score (nSPS) is 15.7. The number of amides is 1. The van der Waals surface area contributed by atoms with E-state index >= 15 is 0 Å². The summed E-state index contributed by atoms with van der Waals surface area (Å²) in [6.07, 6.45) is 0.236. The Kier molecular flexibility index (Phi) is 5.33. The molecule has 0 bridgehead atoms. The van der Waals surface area contributed by atoms with Gasteiger partial charge in [0.2, 0.25) is 0 Å². The van der Waals surface area contributed by atoms with E-state index in [0.29, 0.717) is 26.3 Å². The fraction of sp³-hybridized carbons (Fsp3) is 0.125. The lowest BCUT2D eigenvalue weighted by molar-refractivity contribution is 0.0986. The molecule has 7 nitrogen and oxygen atoms in total. The quantitative estimate of drug-likeness (QED) is 0.558. The molecule has 0 aliphatic carbocycles. The van der Waals surface area contributed by atoms with E-state index < -0.39 is 10.4 Å². The Bertz CT molecular complexity index is 1010. The lowest BCUT2D eigenvalue weighted by Gasteiger charge is -2.30. The van der Waals surface area contributed by atoms with Crippen molar-refractivity contribution in [2.75, 3.05) is 11.4 Å². The average molecular weight is 460 g/mol. The molecule has 0 fully saturated rings. The van der Waals surface area contributed by atoms with Crippen LogP contribution in [0, 0.1) is 0 Å². The van der Waals surface area contributed by atoms with Crippen LogP contribution >= 0.6 is 27.5 Å². The van der Waals surface area contributed by atoms with E-state index in [1.54, 1.807) is 42.5 Å². The number of fused-ring (bicyclic) bond motifs is 1. The topological polar surface area (TPSA) is 96.3 Å². The number of carbonyl (C=O) groups is 1. The summed E-state index contributed by atoms with van der Waals surface area (Å²) in [4.78, 5) is 14.5. The Morgan fingerprint density at radius 1 is 1.27 bits per heavy atom. The summed E-state index contributed by atoms with van der Waals surface area (Å²) in [7, 11) is -4.71. The smallest absolute Gasteiger partial charge is 0.307 e. The Balaban J connectivity index is 2.03. The average Bonchev–Trinajstić information content (AvgIpc) is 2.58. The van der Waals surface area contributed by atoms with Gasteiger partial charge in [-0.1, -0.05) is 28.9 Å². The standard InChI is InChI=1S/C16H12BrClN2O5S/c17-13-4-2-1-3-11(13)16(21)20-8-7-14(19-25-26(22,23)24)12-6-5-10(18)9-15(12)20/h1-6,9H,7-8H2,(H,22,23,24). The van der Waals surface area contributed by atoms with Gasteiger partial charge in [-0.3, -0.25) is 9.35 Å². The van der Waals surface area contributed by atoms with E-state index in [1.165, 1.54) is 4.90 Å². The lowest BCUT2D eigenvalue weighted by Crippen LogP contribution is -2.38. The highest BCUT2D eigenvalue weighted by atomic mass is 79.9. The first-order valence-electron chi connectivity index (χ1n) is 7.35. The molecule has 1 aliphatic rings. The number of benzene rings is 2. The minimum Gasteiger partial charge on any atom is -0.307 e. The zero-order valence-electron chi connectivity index (χ0n) is 13.1. The number of oxime groups is 1. The number of carbonyl (C=O) groups excluding carboxylic acids is 1. The van der Waals surface area contributed by atoms with Gasteiger partial charge in [-0.05, 0) is 46.3 Å². The molecule has 1 aliphatic heterocycles. The summed E-state index contributed by atoms with van der Waals surface area (Å²) in [6, 6.07) is 11.8. The second-order valence-corrected chi connectivity index (χ2v) is 7.68. The summed E-state index contributed by atoms with van der Waals surface area (Å²) < 4.78 is 35.0. The molecular formula is C16H12BrClN2O5S. The molecule has 0 saturated heterocycles. The van der Waals surface area contributed by atoms with Gasteiger partial charge in [-0.15, -0.1) is 0 Å². The molecule has 1 heterocycles. The van der Waals surface area contributed by atoms with Crippen molar-refractivity contribution in [2.45, 2.75) is 6.42 Å². The number of hydrogen-bond donors (Lipinski definition) is 1. The molecule has 10 heteroatoms. The largest absolute Gasteiger partial charge is 0.466 e. The molecular weight excluding hydrogens is 448 g/mol. The van der Waals surface area contributed by atoms with Crippen molar-refractivity contribution >= 4 is 55.2 Å². The van der Waals surface area contributed by atoms with Gasteiger partial charge >= 0.3 is 10.4 Å². The number of rotatable bonds is 3. The van der Waals surface area contributed by atoms with Crippen LogP contribution in [0.1, 0.15) is 22.3 Å². The maximum Gasteiger partial charge on any atom is 0.466 e. The van der Waals surface area contributed by atoms with E-state index in [-0.39, 0.29) is 24.6 Å². The Labute approximate surface area is 163 Å². The van der Waals surface area contributed by atoms with Gasteiger partial charge in [-0.2, -0.15) is 8.42 Å². The van der Waals surface area contributed by atoms with Gasteiger partial charge in [-0.25, -0.2) is 4.28 Å². The van der Waals surface area contributed by atoms with Crippen LogP contribution in [0.4, 0.5) is 5.69 Å². The lowest BCUT2D eigenvalue weighted by atomic mass is 9.98. The van der Waals surface area contributed by atoms with E-state index in [2.05, 4.69) is 25.4 Å². The van der Waals surface area contributed by atoms with Gasteiger partial charge in [0.1, 0.15) is 0 Å². The van der Waals surface area contributed by atoms with Crippen LogP contribution in [0.5, 0.6) is 0 Å².